The summed E-state index contributed by atoms with van der Waals surface area (Å²) in [6, 6.07) is 0. The zero-order valence-electron chi connectivity index (χ0n) is 6.17. The molecule has 0 N–H and O–H groups in total. The van der Waals surface area contributed by atoms with E-state index in [0.717, 1.165) is 0 Å². The van der Waals surface area contributed by atoms with Crippen molar-refractivity contribution in [1.29, 1.82) is 0 Å². The fourth-order valence-electron chi connectivity index (χ4n) is 0. The first-order valence-corrected chi connectivity index (χ1v) is 1.84. The summed E-state index contributed by atoms with van der Waals surface area (Å²) in [5.74, 6) is 0. The van der Waals surface area contributed by atoms with Crippen molar-refractivity contribution in [2.45, 2.75) is 0 Å². The van der Waals surface area contributed by atoms with E-state index in [2.05, 4.69) is 0 Å². The van der Waals surface area contributed by atoms with E-state index < -0.39 is 18.5 Å². The number of hydrogen-bond acceptors (Lipinski definition) is 9. The Hall–Kier alpha value is -0.658. The van der Waals surface area contributed by atoms with Crippen molar-refractivity contribution < 1.29 is 95.7 Å². The molecule has 0 saturated heterocycles. The Morgan fingerprint density at radius 2 is 0.600 bits per heavy atom. The minimum absolute atomic E-state index is 0. The molecule has 0 aromatic heterocycles. The Kier molecular flexibility index (Phi) is 71.4. The average Bonchev–Trinajstić information content (AvgIpc) is 1.54. The molecule has 15 heavy (non-hydrogen) atoms. The molecule has 0 aliphatic heterocycles. The van der Waals surface area contributed by atoms with Gasteiger partial charge in [-0.3, -0.25) is 0 Å². The first-order valence-electron chi connectivity index (χ1n) is 1.84. The predicted octanol–water partition coefficient (Wildman–Crippen LogP) is -7.35. The maximum atomic E-state index is 8.33. The fraction of sp³-hybridized carbons (Fsp3) is 0. The van der Waals surface area contributed by atoms with Crippen LogP contribution in [-0.4, -0.2) is 18.5 Å². The molecule has 94 valence electrons. The van der Waals surface area contributed by atoms with E-state index in [-0.39, 0.29) is 50.6 Å². The minimum Gasteiger partial charge on any atom is -0.652 e. The Labute approximate surface area is 114 Å². The monoisotopic (exact) mass is 356 g/mol. The minimum atomic E-state index is -2.33. The molecule has 12 heteroatoms. The Bertz CT molecular complexity index is 123. The van der Waals surface area contributed by atoms with Crippen LogP contribution in [-0.2, 0) is 50.6 Å². The van der Waals surface area contributed by atoms with Crippen LogP contribution in [0.15, 0.2) is 0 Å². The van der Waals surface area contributed by atoms with Gasteiger partial charge in [0.1, 0.15) is 0 Å². The summed E-state index contributed by atoms with van der Waals surface area (Å²) in [4.78, 5) is 25.0. The summed E-state index contributed by atoms with van der Waals surface area (Å²) in [7, 11) is 0. The molecule has 0 rings (SSSR count). The molecule has 0 fully saturated rings. The SMILES string of the molecule is O=C([O-])[O-].O=C([O-])[O-].O=C([O-])[O-].[Cu+2].[Mn+2].[Ni+2]. The van der Waals surface area contributed by atoms with Gasteiger partial charge in [-0.25, -0.2) is 0 Å². The number of carboxylic acid groups (broad SMARTS) is 6. The quantitative estimate of drug-likeness (QED) is 0.379. The fourth-order valence-corrected chi connectivity index (χ4v) is 0. The second-order valence-electron chi connectivity index (χ2n) is 0.750. The molecular formula is C3CuMnNiO9. The molecule has 0 aliphatic carbocycles. The molecule has 0 aliphatic rings. The molecule has 0 atom stereocenters. The topological polar surface area (TPSA) is 190 Å². The van der Waals surface area contributed by atoms with Gasteiger partial charge in [0.15, 0.2) is 0 Å². The zero-order valence-corrected chi connectivity index (χ0v) is 9.28. The van der Waals surface area contributed by atoms with Crippen molar-refractivity contribution in [1.82, 2.24) is 0 Å². The molecule has 0 heterocycles. The molecule has 0 aromatic carbocycles. The number of hydrogen-bond donors (Lipinski definition) is 0. The van der Waals surface area contributed by atoms with Gasteiger partial charge in [0.2, 0.25) is 0 Å². The van der Waals surface area contributed by atoms with Crippen molar-refractivity contribution in [3.63, 3.8) is 0 Å². The van der Waals surface area contributed by atoms with E-state index in [0.29, 0.717) is 0 Å². The standard InChI is InChI=1S/3CH2O3.Cu.Mn.Ni/c3*2-1(3)4;;;/h3*(H2,2,3,4);;;/q;;;3*+2/p-6. The van der Waals surface area contributed by atoms with Gasteiger partial charge >= 0.3 is 50.6 Å². The number of carbonyl (C=O) groups excluding carboxylic acids is 3. The predicted molar refractivity (Wildman–Crippen MR) is 16.2 cm³/mol. The summed E-state index contributed by atoms with van der Waals surface area (Å²) >= 11 is 0. The largest absolute Gasteiger partial charge is 2.00 e. The number of carbonyl (C=O) groups is 3. The third-order valence-corrected chi connectivity index (χ3v) is 0. The molecule has 9 nitrogen and oxygen atoms in total. The van der Waals surface area contributed by atoms with Gasteiger partial charge in [0.05, 0.1) is 0 Å². The van der Waals surface area contributed by atoms with Gasteiger partial charge in [0.25, 0.3) is 0 Å². The van der Waals surface area contributed by atoms with Crippen molar-refractivity contribution in [3.8, 4) is 0 Å². The van der Waals surface area contributed by atoms with Crippen molar-refractivity contribution in [3.05, 3.63) is 0 Å². The third kappa shape index (κ3) is 3970. The smallest absolute Gasteiger partial charge is 0.652 e. The second-order valence-corrected chi connectivity index (χ2v) is 0.750. The van der Waals surface area contributed by atoms with Gasteiger partial charge in [-0.2, -0.15) is 0 Å². The summed E-state index contributed by atoms with van der Waals surface area (Å²) in [6.07, 6.45) is -7.00. The van der Waals surface area contributed by atoms with Crippen LogP contribution >= 0.6 is 0 Å². The van der Waals surface area contributed by atoms with Gasteiger partial charge in [-0.05, 0) is 18.5 Å². The normalized spacial score (nSPS) is 4.80. The molecule has 0 unspecified atom stereocenters. The maximum Gasteiger partial charge on any atom is 2.00 e. The third-order valence-electron chi connectivity index (χ3n) is 0. The van der Waals surface area contributed by atoms with Crippen LogP contribution in [0.25, 0.3) is 0 Å². The van der Waals surface area contributed by atoms with E-state index in [9.17, 15) is 0 Å². The van der Waals surface area contributed by atoms with E-state index in [1.165, 1.54) is 0 Å². The van der Waals surface area contributed by atoms with Gasteiger partial charge in [-0.15, -0.1) is 0 Å². The van der Waals surface area contributed by atoms with Crippen LogP contribution in [0.3, 0.4) is 0 Å². The molecule has 0 spiro atoms. The summed E-state index contributed by atoms with van der Waals surface area (Å²) in [5.41, 5.74) is 0. The summed E-state index contributed by atoms with van der Waals surface area (Å²) in [5, 5.41) is 50.0. The van der Waals surface area contributed by atoms with E-state index in [1.807, 2.05) is 0 Å². The maximum absolute atomic E-state index is 8.33. The Balaban J connectivity index is -0.0000000184. The Morgan fingerprint density at radius 1 is 0.600 bits per heavy atom. The first kappa shape index (κ1) is 36.7. The average molecular weight is 357 g/mol. The van der Waals surface area contributed by atoms with Crippen LogP contribution in [0.4, 0.5) is 14.4 Å². The van der Waals surface area contributed by atoms with E-state index in [1.54, 1.807) is 0 Å². The second kappa shape index (κ2) is 29.2. The molecule has 0 amide bonds. The van der Waals surface area contributed by atoms with E-state index in [4.69, 9.17) is 45.0 Å². The summed E-state index contributed by atoms with van der Waals surface area (Å²) in [6.45, 7) is 0. The van der Waals surface area contributed by atoms with Gasteiger partial charge < -0.3 is 45.0 Å². The number of rotatable bonds is 0. The van der Waals surface area contributed by atoms with Crippen LogP contribution in [0.2, 0.25) is 0 Å². The van der Waals surface area contributed by atoms with Crippen molar-refractivity contribution >= 4 is 18.5 Å². The molecule has 2 radical (unpaired) electrons. The van der Waals surface area contributed by atoms with Crippen LogP contribution < -0.4 is 30.6 Å². The zero-order chi connectivity index (χ0) is 10.7. The van der Waals surface area contributed by atoms with Crippen molar-refractivity contribution in [2.24, 2.45) is 0 Å². The summed E-state index contributed by atoms with van der Waals surface area (Å²) < 4.78 is 0. The molecule has 0 aromatic rings. The van der Waals surface area contributed by atoms with Crippen molar-refractivity contribution in [2.75, 3.05) is 0 Å². The molecule has 0 saturated carbocycles. The van der Waals surface area contributed by atoms with Gasteiger partial charge in [-0.1, -0.05) is 0 Å². The van der Waals surface area contributed by atoms with Crippen LogP contribution in [0, 0.1) is 0 Å². The molecular weight excluding hydrogens is 357 g/mol. The molecule has 0 bridgehead atoms. The Morgan fingerprint density at radius 3 is 0.600 bits per heavy atom. The first-order chi connectivity index (χ1) is 5.20. The van der Waals surface area contributed by atoms with Crippen LogP contribution in [0.5, 0.6) is 0 Å². The van der Waals surface area contributed by atoms with E-state index >= 15 is 0 Å². The van der Waals surface area contributed by atoms with Gasteiger partial charge in [0, 0.05) is 0 Å². The van der Waals surface area contributed by atoms with Crippen LogP contribution in [0.1, 0.15) is 0 Å².